The van der Waals surface area contributed by atoms with Crippen molar-refractivity contribution in [3.8, 4) is 0 Å². The average Bonchev–Trinajstić information content (AvgIpc) is 2.49. The number of hydrogen-bond donors (Lipinski definition) is 1. The number of nitrogens with zero attached hydrogens (tertiary/aromatic N) is 2. The molecular weight excluding hydrogens is 274 g/mol. The van der Waals surface area contributed by atoms with Gasteiger partial charge in [-0.25, -0.2) is 0 Å². The Labute approximate surface area is 118 Å². The largest absolute Gasteiger partial charge is 0.320 e. The van der Waals surface area contributed by atoms with Gasteiger partial charge in [-0.3, -0.25) is 0 Å². The maximum absolute atomic E-state index is 12.0. The molecule has 0 radical (unpaired) electrons. The second-order valence-corrected chi connectivity index (χ2v) is 5.65. The number of para-hydroxylation sites is 1. The molecule has 5 nitrogen and oxygen atoms in total. The molecule has 0 amide bonds. The van der Waals surface area contributed by atoms with E-state index in [0.29, 0.717) is 5.69 Å². The smallest absolute Gasteiger partial charge is 0.199 e. The number of rotatable bonds is 5. The van der Waals surface area contributed by atoms with E-state index < -0.39 is 10.2 Å². The van der Waals surface area contributed by atoms with Gasteiger partial charge in [-0.05, 0) is 17.7 Å². The van der Waals surface area contributed by atoms with Gasteiger partial charge >= 0.3 is 10.2 Å². The van der Waals surface area contributed by atoms with E-state index in [4.69, 9.17) is 0 Å². The summed E-state index contributed by atoms with van der Waals surface area (Å²) in [6, 6.07) is 18.0. The van der Waals surface area contributed by atoms with E-state index in [1.54, 1.807) is 24.3 Å². The summed E-state index contributed by atoms with van der Waals surface area (Å²) < 4.78 is 27.3. The summed E-state index contributed by atoms with van der Waals surface area (Å²) >= 11 is 0. The Morgan fingerprint density at radius 2 is 1.55 bits per heavy atom. The molecule has 0 aliphatic heterocycles. The van der Waals surface area contributed by atoms with E-state index in [0.717, 1.165) is 9.98 Å². The maximum Gasteiger partial charge on any atom is 0.320 e. The van der Waals surface area contributed by atoms with Crippen LogP contribution < -0.4 is 9.14 Å². The van der Waals surface area contributed by atoms with Crippen molar-refractivity contribution in [2.24, 2.45) is 5.10 Å². The molecule has 0 atom stereocenters. The molecule has 1 N–H and O–H groups in total. The van der Waals surface area contributed by atoms with Gasteiger partial charge in [-0.15, -0.1) is 4.41 Å². The minimum absolute atomic E-state index is 0.467. The van der Waals surface area contributed by atoms with Gasteiger partial charge in [0.1, 0.15) is 0 Å². The van der Waals surface area contributed by atoms with Gasteiger partial charge < -0.3 is 0 Å². The highest BCUT2D eigenvalue weighted by Gasteiger charge is 2.19. The zero-order chi connectivity index (χ0) is 14.4. The summed E-state index contributed by atoms with van der Waals surface area (Å²) in [5.74, 6) is 0. The van der Waals surface area contributed by atoms with Gasteiger partial charge in [0.25, 0.3) is 0 Å². The summed E-state index contributed by atoms with van der Waals surface area (Å²) in [5, 5.41) is 4.06. The van der Waals surface area contributed by atoms with E-state index in [1.165, 1.54) is 13.3 Å². The Bertz CT molecular complexity index is 670. The molecule has 0 unspecified atom stereocenters. The zero-order valence-corrected chi connectivity index (χ0v) is 11.8. The quantitative estimate of drug-likeness (QED) is 0.676. The molecule has 0 heterocycles. The number of nitrogens with one attached hydrogen (secondary N) is 1. The van der Waals surface area contributed by atoms with E-state index in [2.05, 4.69) is 9.82 Å². The van der Waals surface area contributed by atoms with Crippen LogP contribution in [-0.2, 0) is 10.2 Å². The van der Waals surface area contributed by atoms with Crippen LogP contribution in [0.2, 0.25) is 0 Å². The van der Waals surface area contributed by atoms with E-state index in [9.17, 15) is 8.42 Å². The van der Waals surface area contributed by atoms with Crippen LogP contribution in [0, 0.1) is 0 Å². The fourth-order valence-electron chi connectivity index (χ4n) is 1.57. The third-order valence-corrected chi connectivity index (χ3v) is 3.85. The van der Waals surface area contributed by atoms with Crippen molar-refractivity contribution in [1.29, 1.82) is 0 Å². The standard InChI is InChI=1S/C14H15N3O2S/c1-15-20(18,19)17(14-10-6-3-7-11-14)16-12-13-8-4-2-5-9-13/h2-12,15H,1H3/b16-12+. The molecule has 2 aromatic carbocycles. The Kier molecular flexibility index (Phi) is 4.49. The van der Waals surface area contributed by atoms with Gasteiger partial charge in [0.05, 0.1) is 11.9 Å². The molecule has 2 rings (SSSR count). The third kappa shape index (κ3) is 3.43. The summed E-state index contributed by atoms with van der Waals surface area (Å²) in [5.41, 5.74) is 1.29. The molecule has 2 aromatic rings. The fraction of sp³-hybridized carbons (Fsp3) is 0.0714. The SMILES string of the molecule is CNS(=O)(=O)N(/N=C/c1ccccc1)c1ccccc1. The van der Waals surface area contributed by atoms with Crippen molar-refractivity contribution < 1.29 is 8.42 Å². The normalized spacial score (nSPS) is 11.7. The van der Waals surface area contributed by atoms with Crippen molar-refractivity contribution >= 4 is 22.1 Å². The van der Waals surface area contributed by atoms with Crippen LogP contribution in [0.15, 0.2) is 65.8 Å². The van der Waals surface area contributed by atoms with Crippen LogP contribution in [0.3, 0.4) is 0 Å². The number of anilines is 1. The molecule has 0 aliphatic rings. The Morgan fingerprint density at radius 3 is 2.10 bits per heavy atom. The van der Waals surface area contributed by atoms with Crippen molar-refractivity contribution in [3.63, 3.8) is 0 Å². The molecule has 0 spiro atoms. The molecule has 0 saturated heterocycles. The number of hydrogen-bond acceptors (Lipinski definition) is 3. The molecule has 0 bridgehead atoms. The summed E-state index contributed by atoms with van der Waals surface area (Å²) in [6.07, 6.45) is 1.50. The molecule has 0 aromatic heterocycles. The second kappa shape index (κ2) is 6.31. The Balaban J connectivity index is 2.36. The lowest BCUT2D eigenvalue weighted by Crippen LogP contribution is -2.35. The van der Waals surface area contributed by atoms with Gasteiger partial charge in [0.15, 0.2) is 0 Å². The first-order chi connectivity index (χ1) is 9.63. The zero-order valence-electron chi connectivity index (χ0n) is 11.0. The fourth-order valence-corrected chi connectivity index (χ4v) is 2.31. The van der Waals surface area contributed by atoms with E-state index in [1.807, 2.05) is 36.4 Å². The first-order valence-electron chi connectivity index (χ1n) is 6.01. The molecular formula is C14H15N3O2S. The van der Waals surface area contributed by atoms with Crippen LogP contribution >= 0.6 is 0 Å². The van der Waals surface area contributed by atoms with Crippen molar-refractivity contribution in [1.82, 2.24) is 4.72 Å². The van der Waals surface area contributed by atoms with Crippen LogP contribution in [0.5, 0.6) is 0 Å². The number of benzene rings is 2. The molecule has 0 saturated carbocycles. The lowest BCUT2D eigenvalue weighted by molar-refractivity contribution is 0.584. The minimum Gasteiger partial charge on any atom is -0.199 e. The highest BCUT2D eigenvalue weighted by Crippen LogP contribution is 2.16. The Hall–Kier alpha value is -2.18. The maximum atomic E-state index is 12.0. The van der Waals surface area contributed by atoms with Gasteiger partial charge in [0, 0.05) is 7.05 Å². The van der Waals surface area contributed by atoms with Crippen LogP contribution in [0.1, 0.15) is 5.56 Å². The van der Waals surface area contributed by atoms with Gasteiger partial charge in [-0.1, -0.05) is 48.5 Å². The van der Waals surface area contributed by atoms with Crippen LogP contribution in [-0.4, -0.2) is 21.7 Å². The van der Waals surface area contributed by atoms with Gasteiger partial charge in [0.2, 0.25) is 0 Å². The van der Waals surface area contributed by atoms with Crippen molar-refractivity contribution in [2.75, 3.05) is 11.5 Å². The third-order valence-electron chi connectivity index (χ3n) is 2.57. The van der Waals surface area contributed by atoms with E-state index in [-0.39, 0.29) is 0 Å². The lowest BCUT2D eigenvalue weighted by atomic mass is 10.2. The van der Waals surface area contributed by atoms with E-state index >= 15 is 0 Å². The topological polar surface area (TPSA) is 61.8 Å². The monoisotopic (exact) mass is 289 g/mol. The second-order valence-electron chi connectivity index (χ2n) is 3.94. The number of hydrazone groups is 1. The molecule has 104 valence electrons. The lowest BCUT2D eigenvalue weighted by Gasteiger charge is -2.17. The van der Waals surface area contributed by atoms with Crippen molar-refractivity contribution in [2.45, 2.75) is 0 Å². The minimum atomic E-state index is -3.70. The molecule has 6 heteroatoms. The molecule has 20 heavy (non-hydrogen) atoms. The first kappa shape index (κ1) is 14.2. The highest BCUT2D eigenvalue weighted by molar-refractivity contribution is 7.90. The highest BCUT2D eigenvalue weighted by atomic mass is 32.2. The predicted octanol–water partition coefficient (Wildman–Crippen LogP) is 1.99. The molecule has 0 aliphatic carbocycles. The average molecular weight is 289 g/mol. The van der Waals surface area contributed by atoms with Crippen LogP contribution in [0.25, 0.3) is 0 Å². The first-order valence-corrected chi connectivity index (χ1v) is 7.45. The summed E-state index contributed by atoms with van der Waals surface area (Å²) in [6.45, 7) is 0. The summed E-state index contributed by atoms with van der Waals surface area (Å²) in [4.78, 5) is 0. The summed E-state index contributed by atoms with van der Waals surface area (Å²) in [7, 11) is -2.35. The van der Waals surface area contributed by atoms with Crippen LogP contribution in [0.4, 0.5) is 5.69 Å². The van der Waals surface area contributed by atoms with Gasteiger partial charge in [-0.2, -0.15) is 18.2 Å². The Morgan fingerprint density at radius 1 is 1.00 bits per heavy atom. The predicted molar refractivity (Wildman–Crippen MR) is 80.9 cm³/mol. The van der Waals surface area contributed by atoms with Crippen molar-refractivity contribution in [3.05, 3.63) is 66.2 Å². The molecule has 0 fully saturated rings.